The number of nitrogens with zero attached hydrogens (tertiary/aromatic N) is 1. The van der Waals surface area contributed by atoms with Crippen molar-refractivity contribution in [1.29, 1.82) is 0 Å². The van der Waals surface area contributed by atoms with Crippen LogP contribution in [0.15, 0.2) is 72.8 Å². The summed E-state index contributed by atoms with van der Waals surface area (Å²) in [4.78, 5) is 30.5. The van der Waals surface area contributed by atoms with Crippen LogP contribution in [-0.2, 0) is 6.54 Å². The number of nitrogen functional groups attached to an aromatic ring is 1. The molecule has 2 amide bonds. The molecule has 34 heavy (non-hydrogen) atoms. The molecular weight excluding hydrogens is 424 g/mol. The molecule has 1 aliphatic rings. The summed E-state index contributed by atoms with van der Waals surface area (Å²) in [6.07, 6.45) is 0. The fraction of sp³-hybridized carbons (Fsp3) is 0.0714. The molecule has 166 valence electrons. The Morgan fingerprint density at radius 3 is 2.53 bits per heavy atom. The largest absolute Gasteiger partial charge is 0.399 e. The van der Waals surface area contributed by atoms with Gasteiger partial charge in [-0.25, -0.2) is 0 Å². The Hall–Kier alpha value is -4.58. The van der Waals surface area contributed by atoms with Crippen LogP contribution in [0.5, 0.6) is 0 Å². The van der Waals surface area contributed by atoms with E-state index in [0.717, 1.165) is 49.8 Å². The Bertz CT molecular complexity index is 1660. The van der Waals surface area contributed by atoms with Crippen molar-refractivity contribution in [2.75, 3.05) is 10.6 Å². The van der Waals surface area contributed by atoms with Gasteiger partial charge in [-0.15, -0.1) is 0 Å². The van der Waals surface area contributed by atoms with E-state index in [4.69, 9.17) is 11.5 Å². The number of carbonyl (C=O) groups excluding carboxylic acids is 2. The van der Waals surface area contributed by atoms with Gasteiger partial charge in [-0.3, -0.25) is 9.59 Å². The SMILES string of the molecule is Cc1c(-c2ccc(C(N)=O)c3[nH]c4cc(N)ccc4c23)cccc1N1Cc2ccccc2C1=O. The number of carbonyl (C=O) groups is 2. The monoisotopic (exact) mass is 446 g/mol. The average molecular weight is 447 g/mol. The Labute approximate surface area is 195 Å². The number of rotatable bonds is 3. The predicted octanol–water partition coefficient (Wildman–Crippen LogP) is 5.14. The molecule has 6 heteroatoms. The number of aromatic amines is 1. The van der Waals surface area contributed by atoms with Gasteiger partial charge in [0.25, 0.3) is 11.8 Å². The number of hydrogen-bond donors (Lipinski definition) is 3. The summed E-state index contributed by atoms with van der Waals surface area (Å²) in [5, 5.41) is 1.86. The van der Waals surface area contributed by atoms with Crippen molar-refractivity contribution in [1.82, 2.24) is 4.98 Å². The number of aromatic nitrogens is 1. The highest BCUT2D eigenvalue weighted by molar-refractivity contribution is 6.20. The first-order valence-corrected chi connectivity index (χ1v) is 11.1. The molecule has 6 nitrogen and oxygen atoms in total. The van der Waals surface area contributed by atoms with Crippen molar-refractivity contribution in [3.63, 3.8) is 0 Å². The van der Waals surface area contributed by atoms with Crippen LogP contribution in [0.25, 0.3) is 32.9 Å². The molecule has 0 saturated heterocycles. The maximum absolute atomic E-state index is 13.2. The molecule has 0 spiro atoms. The number of benzene rings is 4. The number of H-pyrrole nitrogens is 1. The molecule has 4 aromatic carbocycles. The molecule has 1 aliphatic heterocycles. The minimum absolute atomic E-state index is 0.00708. The number of hydrogen-bond acceptors (Lipinski definition) is 3. The van der Waals surface area contributed by atoms with Crippen LogP contribution >= 0.6 is 0 Å². The molecule has 5 N–H and O–H groups in total. The van der Waals surface area contributed by atoms with Gasteiger partial charge in [0.1, 0.15) is 0 Å². The first-order valence-electron chi connectivity index (χ1n) is 11.1. The van der Waals surface area contributed by atoms with Crippen LogP contribution in [0, 0.1) is 6.92 Å². The standard InChI is InChI=1S/C28H22N4O2/c1-15-18(7-4-8-24(15)32-14-16-5-2-3-6-19(16)28(32)34)20-11-12-22(27(30)33)26-25(20)21-10-9-17(29)13-23(21)31-26/h2-13,31H,14,29H2,1H3,(H2,30,33). The van der Waals surface area contributed by atoms with Crippen molar-refractivity contribution >= 4 is 45.0 Å². The highest BCUT2D eigenvalue weighted by Crippen LogP contribution is 2.41. The van der Waals surface area contributed by atoms with Gasteiger partial charge in [0.05, 0.1) is 17.6 Å². The highest BCUT2D eigenvalue weighted by Gasteiger charge is 2.29. The van der Waals surface area contributed by atoms with E-state index < -0.39 is 5.91 Å². The molecule has 0 atom stereocenters. The van der Waals surface area contributed by atoms with Gasteiger partial charge in [-0.2, -0.15) is 0 Å². The van der Waals surface area contributed by atoms with Crippen LogP contribution in [0.4, 0.5) is 11.4 Å². The third-order valence-corrected chi connectivity index (χ3v) is 6.75. The topological polar surface area (TPSA) is 105 Å². The number of amides is 2. The number of primary amides is 1. The molecular formula is C28H22N4O2. The van der Waals surface area contributed by atoms with Crippen LogP contribution in [0.1, 0.15) is 31.8 Å². The lowest BCUT2D eigenvalue weighted by Gasteiger charge is -2.21. The first kappa shape index (κ1) is 20.1. The van der Waals surface area contributed by atoms with Crippen LogP contribution < -0.4 is 16.4 Å². The lowest BCUT2D eigenvalue weighted by molar-refractivity contribution is 0.0990. The minimum atomic E-state index is -0.498. The van der Waals surface area contributed by atoms with Crippen LogP contribution in [-0.4, -0.2) is 16.8 Å². The summed E-state index contributed by atoms with van der Waals surface area (Å²) in [6.45, 7) is 2.57. The normalized spacial score (nSPS) is 13.1. The fourth-order valence-electron chi connectivity index (χ4n) is 5.12. The maximum Gasteiger partial charge on any atom is 0.258 e. The number of nitrogens with one attached hydrogen (secondary N) is 1. The number of anilines is 2. The smallest absolute Gasteiger partial charge is 0.258 e. The average Bonchev–Trinajstić information content (AvgIpc) is 3.36. The van der Waals surface area contributed by atoms with E-state index in [9.17, 15) is 9.59 Å². The Morgan fingerprint density at radius 1 is 0.941 bits per heavy atom. The van der Waals surface area contributed by atoms with Gasteiger partial charge in [-0.1, -0.05) is 42.5 Å². The second kappa shape index (κ2) is 7.22. The molecule has 0 bridgehead atoms. The minimum Gasteiger partial charge on any atom is -0.399 e. The van der Waals surface area contributed by atoms with Crippen molar-refractivity contribution in [3.8, 4) is 11.1 Å². The summed E-state index contributed by atoms with van der Waals surface area (Å²) in [6, 6.07) is 23.1. The summed E-state index contributed by atoms with van der Waals surface area (Å²) >= 11 is 0. The number of fused-ring (bicyclic) bond motifs is 4. The zero-order valence-corrected chi connectivity index (χ0v) is 18.6. The number of nitrogens with two attached hydrogens (primary N) is 2. The second-order valence-electron chi connectivity index (χ2n) is 8.70. The van der Waals surface area contributed by atoms with Crippen molar-refractivity contribution < 1.29 is 9.59 Å². The maximum atomic E-state index is 13.2. The highest BCUT2D eigenvalue weighted by atomic mass is 16.2. The first-order chi connectivity index (χ1) is 16.4. The van der Waals surface area contributed by atoms with Crippen LogP contribution in [0.2, 0.25) is 0 Å². The summed E-state index contributed by atoms with van der Waals surface area (Å²) < 4.78 is 0. The van der Waals surface area contributed by atoms with Crippen LogP contribution in [0.3, 0.4) is 0 Å². The van der Waals surface area contributed by atoms with Gasteiger partial charge in [0.2, 0.25) is 0 Å². The zero-order chi connectivity index (χ0) is 23.6. The van der Waals surface area contributed by atoms with Gasteiger partial charge in [0.15, 0.2) is 0 Å². The van der Waals surface area contributed by atoms with Gasteiger partial charge in [0, 0.05) is 33.2 Å². The zero-order valence-electron chi connectivity index (χ0n) is 18.6. The second-order valence-corrected chi connectivity index (χ2v) is 8.70. The molecule has 1 aromatic heterocycles. The van der Waals surface area contributed by atoms with Crippen molar-refractivity contribution in [2.24, 2.45) is 5.73 Å². The predicted molar refractivity (Wildman–Crippen MR) is 136 cm³/mol. The van der Waals surface area contributed by atoms with Gasteiger partial charge < -0.3 is 21.4 Å². The molecule has 0 aliphatic carbocycles. The third kappa shape index (κ3) is 2.82. The molecule has 2 heterocycles. The van der Waals surface area contributed by atoms with Gasteiger partial charge in [-0.05, 0) is 59.5 Å². The molecule has 0 unspecified atom stereocenters. The van der Waals surface area contributed by atoms with Crippen molar-refractivity contribution in [3.05, 3.63) is 95.1 Å². The van der Waals surface area contributed by atoms with Crippen molar-refractivity contribution in [2.45, 2.75) is 13.5 Å². The summed E-state index contributed by atoms with van der Waals surface area (Å²) in [5.41, 5.74) is 19.8. The van der Waals surface area contributed by atoms with E-state index in [1.165, 1.54) is 0 Å². The Balaban J connectivity index is 1.58. The third-order valence-electron chi connectivity index (χ3n) is 6.75. The van der Waals surface area contributed by atoms with E-state index in [2.05, 4.69) is 4.98 Å². The van der Waals surface area contributed by atoms with E-state index in [-0.39, 0.29) is 5.91 Å². The molecule has 0 saturated carbocycles. The Kier molecular flexibility index (Phi) is 4.26. The van der Waals surface area contributed by atoms with E-state index in [0.29, 0.717) is 23.3 Å². The molecule has 5 aromatic rings. The Morgan fingerprint density at radius 2 is 1.74 bits per heavy atom. The summed E-state index contributed by atoms with van der Waals surface area (Å²) in [7, 11) is 0. The van der Waals surface area contributed by atoms with E-state index >= 15 is 0 Å². The fourth-order valence-corrected chi connectivity index (χ4v) is 5.12. The van der Waals surface area contributed by atoms with E-state index in [1.807, 2.05) is 78.6 Å². The van der Waals surface area contributed by atoms with Gasteiger partial charge >= 0.3 is 0 Å². The van der Waals surface area contributed by atoms with E-state index in [1.54, 1.807) is 6.07 Å². The summed E-state index contributed by atoms with van der Waals surface area (Å²) in [5.74, 6) is -0.491. The molecule has 6 rings (SSSR count). The quantitative estimate of drug-likeness (QED) is 0.334. The lowest BCUT2D eigenvalue weighted by atomic mass is 9.93. The lowest BCUT2D eigenvalue weighted by Crippen LogP contribution is -2.24. The molecule has 0 fully saturated rings. The molecule has 0 radical (unpaired) electrons.